The Kier molecular flexibility index (Phi) is 6.56. The van der Waals surface area contributed by atoms with Gasteiger partial charge in [-0.05, 0) is 68.3 Å². The fraction of sp³-hybridized carbons (Fsp3) is 0.684. The summed E-state index contributed by atoms with van der Waals surface area (Å²) in [4.78, 5) is 0. The lowest BCUT2D eigenvalue weighted by atomic mass is 9.75. The van der Waals surface area contributed by atoms with Crippen molar-refractivity contribution < 1.29 is 4.74 Å². The Balaban J connectivity index is 2.01. The lowest BCUT2D eigenvalue weighted by Gasteiger charge is -2.32. The lowest BCUT2D eigenvalue weighted by molar-refractivity contribution is 0.290. The van der Waals surface area contributed by atoms with Crippen molar-refractivity contribution in [3.05, 3.63) is 29.8 Å². The number of nitrogens with one attached hydrogen (secondary N) is 1. The van der Waals surface area contributed by atoms with Crippen molar-refractivity contribution >= 4 is 0 Å². The summed E-state index contributed by atoms with van der Waals surface area (Å²) in [5.41, 5.74) is 1.47. The van der Waals surface area contributed by atoms with Gasteiger partial charge in [-0.1, -0.05) is 38.8 Å². The summed E-state index contributed by atoms with van der Waals surface area (Å²) >= 11 is 0. The Morgan fingerprint density at radius 1 is 1.24 bits per heavy atom. The van der Waals surface area contributed by atoms with Crippen LogP contribution in [0.4, 0.5) is 0 Å². The highest BCUT2D eigenvalue weighted by atomic mass is 16.5. The molecule has 2 unspecified atom stereocenters. The van der Waals surface area contributed by atoms with Gasteiger partial charge in [0.2, 0.25) is 0 Å². The number of ether oxygens (including phenoxy) is 1. The zero-order valence-electron chi connectivity index (χ0n) is 13.9. The van der Waals surface area contributed by atoms with Gasteiger partial charge in [0.15, 0.2) is 0 Å². The van der Waals surface area contributed by atoms with E-state index in [9.17, 15) is 0 Å². The van der Waals surface area contributed by atoms with Crippen molar-refractivity contribution in [3.8, 4) is 5.75 Å². The van der Waals surface area contributed by atoms with Gasteiger partial charge in [0.1, 0.15) is 5.75 Å². The molecule has 2 heteroatoms. The van der Waals surface area contributed by atoms with Crippen LogP contribution in [0.5, 0.6) is 5.75 Å². The van der Waals surface area contributed by atoms with Gasteiger partial charge in [-0.15, -0.1) is 0 Å². The van der Waals surface area contributed by atoms with Gasteiger partial charge in [-0.3, -0.25) is 0 Å². The first-order valence-corrected chi connectivity index (χ1v) is 8.64. The van der Waals surface area contributed by atoms with Gasteiger partial charge in [-0.2, -0.15) is 0 Å². The molecule has 0 amide bonds. The van der Waals surface area contributed by atoms with Crippen LogP contribution < -0.4 is 10.1 Å². The molecule has 2 atom stereocenters. The van der Waals surface area contributed by atoms with Crippen LogP contribution in [0.2, 0.25) is 0 Å². The van der Waals surface area contributed by atoms with Crippen molar-refractivity contribution in [2.75, 3.05) is 19.7 Å². The summed E-state index contributed by atoms with van der Waals surface area (Å²) in [6.07, 6.45) is 5.43. The topological polar surface area (TPSA) is 21.3 Å². The van der Waals surface area contributed by atoms with E-state index in [1.165, 1.54) is 31.2 Å². The maximum atomic E-state index is 5.67. The quantitative estimate of drug-likeness (QED) is 0.791. The molecule has 1 aliphatic rings. The van der Waals surface area contributed by atoms with Crippen molar-refractivity contribution in [3.63, 3.8) is 0 Å². The molecular weight excluding hydrogens is 258 g/mol. The van der Waals surface area contributed by atoms with Gasteiger partial charge in [0, 0.05) is 0 Å². The minimum absolute atomic E-state index is 0.693. The second-order valence-electron chi connectivity index (χ2n) is 6.71. The van der Waals surface area contributed by atoms with Gasteiger partial charge in [0.05, 0.1) is 6.61 Å². The predicted molar refractivity (Wildman–Crippen MR) is 90.0 cm³/mol. The molecule has 0 aromatic heterocycles. The number of hydrogen-bond donors (Lipinski definition) is 1. The molecule has 1 aromatic carbocycles. The molecule has 1 aromatic rings. The summed E-state index contributed by atoms with van der Waals surface area (Å²) < 4.78 is 5.67. The van der Waals surface area contributed by atoms with Crippen LogP contribution in [0.15, 0.2) is 24.3 Å². The fourth-order valence-corrected chi connectivity index (χ4v) is 3.45. The van der Waals surface area contributed by atoms with Crippen molar-refractivity contribution in [1.29, 1.82) is 0 Å². The molecule has 0 saturated heterocycles. The molecule has 118 valence electrons. The molecular formula is C19H31NO. The van der Waals surface area contributed by atoms with Gasteiger partial charge >= 0.3 is 0 Å². The smallest absolute Gasteiger partial charge is 0.119 e. The third-order valence-electron chi connectivity index (χ3n) is 4.47. The highest BCUT2D eigenvalue weighted by Gasteiger charge is 2.26. The van der Waals surface area contributed by atoms with E-state index < -0.39 is 0 Å². The molecule has 0 spiro atoms. The van der Waals surface area contributed by atoms with E-state index in [2.05, 4.69) is 43.4 Å². The molecule has 0 bridgehead atoms. The number of rotatable bonds is 7. The summed E-state index contributed by atoms with van der Waals surface area (Å²) in [6, 6.07) is 8.76. The first kappa shape index (κ1) is 16.4. The fourth-order valence-electron chi connectivity index (χ4n) is 3.45. The van der Waals surface area contributed by atoms with E-state index in [4.69, 9.17) is 4.74 Å². The molecule has 0 radical (unpaired) electrons. The molecule has 1 aliphatic carbocycles. The van der Waals surface area contributed by atoms with Crippen molar-refractivity contribution in [1.82, 2.24) is 5.32 Å². The molecule has 2 nitrogen and oxygen atoms in total. The molecule has 2 rings (SSSR count). The minimum Gasteiger partial charge on any atom is -0.494 e. The summed E-state index contributed by atoms with van der Waals surface area (Å²) in [5, 5.41) is 3.66. The largest absolute Gasteiger partial charge is 0.494 e. The van der Waals surface area contributed by atoms with E-state index in [-0.39, 0.29) is 0 Å². The molecule has 0 aliphatic heterocycles. The van der Waals surface area contributed by atoms with Crippen LogP contribution in [0.25, 0.3) is 0 Å². The summed E-state index contributed by atoms with van der Waals surface area (Å²) in [5.74, 6) is 3.22. The highest BCUT2D eigenvalue weighted by Crippen LogP contribution is 2.38. The second-order valence-corrected chi connectivity index (χ2v) is 6.71. The first-order chi connectivity index (χ1) is 10.2. The van der Waals surface area contributed by atoms with Gasteiger partial charge in [-0.25, -0.2) is 0 Å². The maximum Gasteiger partial charge on any atom is 0.119 e. The van der Waals surface area contributed by atoms with E-state index in [0.717, 1.165) is 37.3 Å². The molecule has 1 N–H and O–H groups in total. The zero-order valence-corrected chi connectivity index (χ0v) is 13.9. The Morgan fingerprint density at radius 3 is 2.81 bits per heavy atom. The SMILES string of the molecule is CCOc1cccc(C2CCCCC2CNCC(C)C)c1. The predicted octanol–water partition coefficient (Wildman–Crippen LogP) is 4.60. The van der Waals surface area contributed by atoms with Crippen LogP contribution >= 0.6 is 0 Å². The summed E-state index contributed by atoms with van der Waals surface area (Å²) in [6.45, 7) is 9.62. The van der Waals surface area contributed by atoms with Crippen LogP contribution in [-0.2, 0) is 0 Å². The van der Waals surface area contributed by atoms with E-state index in [1.807, 2.05) is 6.92 Å². The first-order valence-electron chi connectivity index (χ1n) is 8.64. The third kappa shape index (κ3) is 5.03. The normalized spacial score (nSPS) is 22.5. The Labute approximate surface area is 130 Å². The Hall–Kier alpha value is -1.02. The van der Waals surface area contributed by atoms with Gasteiger partial charge < -0.3 is 10.1 Å². The Morgan fingerprint density at radius 2 is 2.05 bits per heavy atom. The molecule has 0 heterocycles. The second kappa shape index (κ2) is 8.43. The van der Waals surface area contributed by atoms with Crippen LogP contribution in [-0.4, -0.2) is 19.7 Å². The highest BCUT2D eigenvalue weighted by molar-refractivity contribution is 5.31. The van der Waals surface area contributed by atoms with Crippen molar-refractivity contribution in [2.45, 2.75) is 52.4 Å². The van der Waals surface area contributed by atoms with E-state index in [1.54, 1.807) is 0 Å². The molecule has 1 saturated carbocycles. The van der Waals surface area contributed by atoms with E-state index >= 15 is 0 Å². The number of hydrogen-bond acceptors (Lipinski definition) is 2. The zero-order chi connectivity index (χ0) is 15.1. The maximum absolute atomic E-state index is 5.67. The molecule has 1 fully saturated rings. The van der Waals surface area contributed by atoms with Crippen LogP contribution in [0.3, 0.4) is 0 Å². The van der Waals surface area contributed by atoms with E-state index in [0.29, 0.717) is 5.92 Å². The average Bonchev–Trinajstić information content (AvgIpc) is 2.48. The average molecular weight is 289 g/mol. The Bertz CT molecular complexity index is 416. The van der Waals surface area contributed by atoms with Crippen molar-refractivity contribution in [2.24, 2.45) is 11.8 Å². The number of benzene rings is 1. The molecule has 21 heavy (non-hydrogen) atoms. The van der Waals surface area contributed by atoms with Crippen LogP contribution in [0, 0.1) is 11.8 Å². The lowest BCUT2D eigenvalue weighted by Crippen LogP contribution is -2.31. The third-order valence-corrected chi connectivity index (χ3v) is 4.47. The monoisotopic (exact) mass is 289 g/mol. The van der Waals surface area contributed by atoms with Gasteiger partial charge in [0.25, 0.3) is 0 Å². The standard InChI is InChI=1S/C19H31NO/c1-4-21-18-10-7-9-16(12-18)19-11-6-5-8-17(19)14-20-13-15(2)3/h7,9-10,12,15,17,19-20H,4-6,8,11,13-14H2,1-3H3. The van der Waals surface area contributed by atoms with Crippen LogP contribution in [0.1, 0.15) is 57.9 Å². The summed E-state index contributed by atoms with van der Waals surface area (Å²) in [7, 11) is 0. The minimum atomic E-state index is 0.693.